The number of nitrogens with zero attached hydrogens (tertiary/aromatic N) is 6. The number of hydrogen-bond donors (Lipinski definition) is 1. The maximum absolute atomic E-state index is 13.3. The van der Waals surface area contributed by atoms with Gasteiger partial charge in [0.25, 0.3) is 5.91 Å². The van der Waals surface area contributed by atoms with E-state index in [-0.39, 0.29) is 29.7 Å². The number of rotatable bonds is 6. The molecule has 0 unspecified atom stereocenters. The van der Waals surface area contributed by atoms with Crippen molar-refractivity contribution >= 4 is 17.8 Å². The van der Waals surface area contributed by atoms with Gasteiger partial charge in [-0.2, -0.15) is 5.10 Å². The van der Waals surface area contributed by atoms with Crippen molar-refractivity contribution in [2.45, 2.75) is 59.0 Å². The second-order valence-corrected chi connectivity index (χ2v) is 9.05. The summed E-state index contributed by atoms with van der Waals surface area (Å²) in [7, 11) is 0. The van der Waals surface area contributed by atoms with Crippen LogP contribution in [0, 0.1) is 12.8 Å². The molecule has 2 aromatic rings. The van der Waals surface area contributed by atoms with Crippen LogP contribution in [0.3, 0.4) is 0 Å². The van der Waals surface area contributed by atoms with Gasteiger partial charge in [-0.1, -0.05) is 0 Å². The van der Waals surface area contributed by atoms with Crippen molar-refractivity contribution in [2.75, 3.05) is 31.1 Å². The molecule has 0 aliphatic carbocycles. The minimum absolute atomic E-state index is 0.0310. The van der Waals surface area contributed by atoms with E-state index in [4.69, 9.17) is 4.98 Å². The van der Waals surface area contributed by atoms with E-state index in [9.17, 15) is 9.59 Å². The van der Waals surface area contributed by atoms with E-state index in [1.165, 1.54) is 0 Å². The minimum atomic E-state index is -0.357. The number of nitrogens with one attached hydrogen (secondary N) is 1. The highest BCUT2D eigenvalue weighted by atomic mass is 16.2. The summed E-state index contributed by atoms with van der Waals surface area (Å²) >= 11 is 0. The molecule has 2 amide bonds. The summed E-state index contributed by atoms with van der Waals surface area (Å²) < 4.78 is 1.77. The molecule has 0 bridgehead atoms. The van der Waals surface area contributed by atoms with Gasteiger partial charge in [0.05, 0.1) is 22.9 Å². The van der Waals surface area contributed by atoms with E-state index in [0.717, 1.165) is 31.6 Å². The first-order valence-corrected chi connectivity index (χ1v) is 11.6. The predicted molar refractivity (Wildman–Crippen MR) is 122 cm³/mol. The summed E-state index contributed by atoms with van der Waals surface area (Å²) in [5.41, 5.74) is 2.12. The Bertz CT molecular complexity index is 980. The Morgan fingerprint density at radius 2 is 1.97 bits per heavy atom. The van der Waals surface area contributed by atoms with Gasteiger partial charge < -0.3 is 15.1 Å². The first-order valence-electron chi connectivity index (χ1n) is 11.6. The maximum Gasteiger partial charge on any atom is 0.257 e. The molecule has 2 aliphatic rings. The number of aromatic nitrogens is 4. The van der Waals surface area contributed by atoms with Crippen molar-refractivity contribution < 1.29 is 9.59 Å². The van der Waals surface area contributed by atoms with Crippen LogP contribution in [-0.2, 0) is 11.3 Å². The lowest BCUT2D eigenvalue weighted by Crippen LogP contribution is -2.39. The van der Waals surface area contributed by atoms with Crippen molar-refractivity contribution in [3.05, 3.63) is 35.4 Å². The van der Waals surface area contributed by atoms with Crippen LogP contribution in [0.5, 0.6) is 0 Å². The third-order valence-electron chi connectivity index (χ3n) is 6.31. The summed E-state index contributed by atoms with van der Waals surface area (Å²) in [4.78, 5) is 39.7. The average molecular weight is 440 g/mol. The molecule has 172 valence electrons. The van der Waals surface area contributed by atoms with Crippen LogP contribution in [0.2, 0.25) is 0 Å². The van der Waals surface area contributed by atoms with Crippen LogP contribution in [0.1, 0.15) is 61.3 Å². The molecule has 1 N–H and O–H groups in total. The summed E-state index contributed by atoms with van der Waals surface area (Å²) in [5.74, 6) is 0.0594. The Morgan fingerprint density at radius 1 is 1.22 bits per heavy atom. The van der Waals surface area contributed by atoms with E-state index >= 15 is 0 Å². The van der Waals surface area contributed by atoms with E-state index in [1.807, 2.05) is 33.8 Å². The first-order chi connectivity index (χ1) is 15.4. The molecule has 9 nitrogen and oxygen atoms in total. The van der Waals surface area contributed by atoms with Crippen molar-refractivity contribution in [3.63, 3.8) is 0 Å². The van der Waals surface area contributed by atoms with E-state index < -0.39 is 0 Å². The van der Waals surface area contributed by atoms with E-state index in [0.29, 0.717) is 36.8 Å². The fourth-order valence-electron chi connectivity index (χ4n) is 4.62. The maximum atomic E-state index is 13.3. The molecule has 32 heavy (non-hydrogen) atoms. The standard InChI is InChI=1S/C23H33N7O2/c1-5-30-14-17(16(4)27-30)22(32)29-12-18(19(13-29)21(31)25-15(2)3)20-8-9-24-23(26-20)28-10-6-7-11-28/h8-9,14-15,18-19H,5-7,10-13H2,1-4H3,(H,25,31)/t18-,19-/m1/s1. The highest BCUT2D eigenvalue weighted by Crippen LogP contribution is 2.34. The first kappa shape index (κ1) is 22.2. The number of likely N-dealkylation sites (tertiary alicyclic amines) is 1. The molecule has 2 aliphatic heterocycles. The molecule has 4 heterocycles. The summed E-state index contributed by atoms with van der Waals surface area (Å²) in [6.07, 6.45) is 5.85. The number of hydrogen-bond acceptors (Lipinski definition) is 6. The monoisotopic (exact) mass is 439 g/mol. The Kier molecular flexibility index (Phi) is 6.43. The number of carbonyl (C=O) groups excluding carboxylic acids is 2. The minimum Gasteiger partial charge on any atom is -0.354 e. The molecule has 0 aromatic carbocycles. The lowest BCUT2D eigenvalue weighted by atomic mass is 9.91. The van der Waals surface area contributed by atoms with Gasteiger partial charge in [0.15, 0.2) is 0 Å². The van der Waals surface area contributed by atoms with Gasteiger partial charge >= 0.3 is 0 Å². The topological polar surface area (TPSA) is 96.2 Å². The normalized spacial score (nSPS) is 20.9. The number of amides is 2. The number of aryl methyl sites for hydroxylation is 2. The van der Waals surface area contributed by atoms with Crippen LogP contribution in [0.25, 0.3) is 0 Å². The van der Waals surface area contributed by atoms with Crippen molar-refractivity contribution in [1.29, 1.82) is 0 Å². The third kappa shape index (κ3) is 4.47. The molecule has 2 atom stereocenters. The predicted octanol–water partition coefficient (Wildman–Crippen LogP) is 1.98. The molecule has 0 saturated carbocycles. The molecular formula is C23H33N7O2. The van der Waals surface area contributed by atoms with Gasteiger partial charge in [0.2, 0.25) is 11.9 Å². The van der Waals surface area contributed by atoms with Gasteiger partial charge in [0.1, 0.15) is 0 Å². The largest absolute Gasteiger partial charge is 0.354 e. The Morgan fingerprint density at radius 3 is 2.62 bits per heavy atom. The summed E-state index contributed by atoms with van der Waals surface area (Å²) in [5, 5.41) is 7.44. The smallest absolute Gasteiger partial charge is 0.257 e. The average Bonchev–Trinajstić information content (AvgIpc) is 3.52. The molecular weight excluding hydrogens is 406 g/mol. The van der Waals surface area contributed by atoms with Crippen LogP contribution in [0.4, 0.5) is 5.95 Å². The fourth-order valence-corrected chi connectivity index (χ4v) is 4.62. The van der Waals surface area contributed by atoms with Crippen LogP contribution >= 0.6 is 0 Å². The third-order valence-corrected chi connectivity index (χ3v) is 6.31. The zero-order valence-electron chi connectivity index (χ0n) is 19.4. The van der Waals surface area contributed by atoms with Gasteiger partial charge in [0, 0.05) is 57.1 Å². The summed E-state index contributed by atoms with van der Waals surface area (Å²) in [6, 6.07) is 1.91. The molecule has 4 rings (SSSR count). The fraction of sp³-hybridized carbons (Fsp3) is 0.609. The van der Waals surface area contributed by atoms with Crippen molar-refractivity contribution in [3.8, 4) is 0 Å². The van der Waals surface area contributed by atoms with E-state index in [1.54, 1.807) is 22.0 Å². The van der Waals surface area contributed by atoms with Gasteiger partial charge in [-0.25, -0.2) is 9.97 Å². The SMILES string of the molecule is CCn1cc(C(=O)N2C[C@@H](C(=O)NC(C)C)[C@H](c3ccnc(N4CCCC4)n3)C2)c(C)n1. The van der Waals surface area contributed by atoms with Crippen molar-refractivity contribution in [2.24, 2.45) is 5.92 Å². The van der Waals surface area contributed by atoms with Crippen LogP contribution < -0.4 is 10.2 Å². The van der Waals surface area contributed by atoms with Crippen molar-refractivity contribution in [1.82, 2.24) is 30.0 Å². The second-order valence-electron chi connectivity index (χ2n) is 9.05. The lowest BCUT2D eigenvalue weighted by molar-refractivity contribution is -0.125. The van der Waals surface area contributed by atoms with Crippen LogP contribution in [0.15, 0.2) is 18.5 Å². The van der Waals surface area contributed by atoms with Crippen LogP contribution in [-0.4, -0.2) is 68.7 Å². The highest BCUT2D eigenvalue weighted by molar-refractivity contribution is 5.96. The Balaban J connectivity index is 1.61. The van der Waals surface area contributed by atoms with E-state index in [2.05, 4.69) is 20.3 Å². The van der Waals surface area contributed by atoms with Gasteiger partial charge in [-0.05, 0) is 46.6 Å². The quantitative estimate of drug-likeness (QED) is 0.739. The molecule has 9 heteroatoms. The van der Waals surface area contributed by atoms with Gasteiger partial charge in [-0.15, -0.1) is 0 Å². The van der Waals surface area contributed by atoms with Gasteiger partial charge in [-0.3, -0.25) is 14.3 Å². The zero-order valence-corrected chi connectivity index (χ0v) is 19.4. The lowest BCUT2D eigenvalue weighted by Gasteiger charge is -2.21. The number of carbonyl (C=O) groups is 2. The Hall–Kier alpha value is -2.97. The number of anilines is 1. The molecule has 2 saturated heterocycles. The molecule has 2 fully saturated rings. The molecule has 0 radical (unpaired) electrons. The summed E-state index contributed by atoms with van der Waals surface area (Å²) in [6.45, 7) is 11.2. The Labute approximate surface area is 189 Å². The highest BCUT2D eigenvalue weighted by Gasteiger charge is 2.42. The molecule has 0 spiro atoms. The second kappa shape index (κ2) is 9.26. The zero-order chi connectivity index (χ0) is 22.8. The molecule has 2 aromatic heterocycles.